The van der Waals surface area contributed by atoms with Crippen LogP contribution < -0.4 is 10.9 Å². The van der Waals surface area contributed by atoms with Gasteiger partial charge in [0.1, 0.15) is 11.8 Å². The highest BCUT2D eigenvalue weighted by atomic mass is 16.5. The molecule has 7 nitrogen and oxygen atoms in total. The van der Waals surface area contributed by atoms with Crippen molar-refractivity contribution in [1.29, 1.82) is 0 Å². The van der Waals surface area contributed by atoms with E-state index in [9.17, 15) is 9.59 Å². The van der Waals surface area contributed by atoms with E-state index in [1.165, 1.54) is 4.68 Å². The van der Waals surface area contributed by atoms with Crippen LogP contribution in [0.3, 0.4) is 0 Å². The number of para-hydroxylation sites is 1. The Kier molecular flexibility index (Phi) is 5.12. The second-order valence-electron chi connectivity index (χ2n) is 6.67. The topological polar surface area (TPSA) is 90.0 Å². The molecule has 1 atom stereocenters. The van der Waals surface area contributed by atoms with E-state index in [2.05, 4.69) is 15.6 Å². The van der Waals surface area contributed by atoms with E-state index in [4.69, 9.17) is 4.52 Å². The van der Waals surface area contributed by atoms with Crippen LogP contribution in [0.25, 0.3) is 10.9 Å². The maximum absolute atomic E-state index is 13.0. The Morgan fingerprint density at radius 2 is 2.00 bits per heavy atom. The molecule has 0 fully saturated rings. The fourth-order valence-electron chi connectivity index (χ4n) is 3.40. The van der Waals surface area contributed by atoms with Crippen molar-refractivity contribution in [1.82, 2.24) is 14.9 Å². The number of carbonyl (C=O) groups is 1. The van der Waals surface area contributed by atoms with Gasteiger partial charge in [0, 0.05) is 5.69 Å². The molecule has 2 heterocycles. The van der Waals surface area contributed by atoms with Gasteiger partial charge in [-0.2, -0.15) is 5.10 Å². The van der Waals surface area contributed by atoms with Crippen molar-refractivity contribution in [3.63, 3.8) is 0 Å². The number of nitrogens with zero attached hydrogens (tertiary/aromatic N) is 3. The van der Waals surface area contributed by atoms with Crippen molar-refractivity contribution < 1.29 is 9.32 Å². The van der Waals surface area contributed by atoms with Gasteiger partial charge in [-0.15, -0.1) is 0 Å². The summed E-state index contributed by atoms with van der Waals surface area (Å²) in [6.07, 6.45) is 1.23. The molecule has 1 aromatic carbocycles. The molecular formula is C20H24N4O3. The number of benzene rings is 1. The molecule has 0 radical (unpaired) electrons. The average Bonchev–Trinajstić information content (AvgIpc) is 3.04. The lowest BCUT2D eigenvalue weighted by molar-refractivity contribution is -0.119. The molecule has 142 valence electrons. The third-order valence-electron chi connectivity index (χ3n) is 4.87. The van der Waals surface area contributed by atoms with Crippen molar-refractivity contribution >= 4 is 22.5 Å². The van der Waals surface area contributed by atoms with Crippen LogP contribution in [0.5, 0.6) is 0 Å². The van der Waals surface area contributed by atoms with Gasteiger partial charge in [-0.3, -0.25) is 9.59 Å². The van der Waals surface area contributed by atoms with Crippen LogP contribution in [0, 0.1) is 20.8 Å². The van der Waals surface area contributed by atoms with Gasteiger partial charge in [0.25, 0.3) is 5.56 Å². The third-order valence-corrected chi connectivity index (χ3v) is 4.87. The molecule has 1 unspecified atom stereocenters. The van der Waals surface area contributed by atoms with Crippen LogP contribution in [-0.2, 0) is 11.2 Å². The van der Waals surface area contributed by atoms with Gasteiger partial charge in [-0.25, -0.2) is 4.68 Å². The maximum Gasteiger partial charge on any atom is 0.297 e. The number of anilines is 1. The standard InChI is InChI=1S/C20H24N4O3/c1-6-14-10-8-9-11(3)17(14)21-19(25)15(7-2)24-20(26)18-16(12(4)22-24)13(5)27-23-18/h8-10,15H,6-7H2,1-5H3,(H,21,25). The minimum absolute atomic E-state index is 0.205. The molecule has 3 aromatic rings. The monoisotopic (exact) mass is 368 g/mol. The van der Waals surface area contributed by atoms with Crippen molar-refractivity contribution in [2.45, 2.75) is 53.5 Å². The number of rotatable bonds is 5. The van der Waals surface area contributed by atoms with E-state index in [0.29, 0.717) is 23.3 Å². The average molecular weight is 368 g/mol. The minimum atomic E-state index is -0.734. The van der Waals surface area contributed by atoms with Crippen LogP contribution in [-0.4, -0.2) is 20.8 Å². The SMILES string of the molecule is CCc1cccc(C)c1NC(=O)C(CC)n1nc(C)c2c(C)onc2c1=O. The molecule has 1 amide bonds. The summed E-state index contributed by atoms with van der Waals surface area (Å²) in [4.78, 5) is 25.9. The summed E-state index contributed by atoms with van der Waals surface area (Å²) in [5.74, 6) is 0.277. The summed E-state index contributed by atoms with van der Waals surface area (Å²) in [5, 5.41) is 11.8. The fraction of sp³-hybridized carbons (Fsp3) is 0.400. The van der Waals surface area contributed by atoms with Gasteiger partial charge in [-0.05, 0) is 44.7 Å². The number of carbonyl (C=O) groups excluding carboxylic acids is 1. The molecule has 0 spiro atoms. The number of nitrogens with one attached hydrogen (secondary N) is 1. The van der Waals surface area contributed by atoms with Crippen LogP contribution in [0.1, 0.15) is 48.9 Å². The smallest absolute Gasteiger partial charge is 0.297 e. The zero-order chi connectivity index (χ0) is 19.7. The number of hydrogen-bond donors (Lipinski definition) is 1. The quantitative estimate of drug-likeness (QED) is 0.745. The zero-order valence-electron chi connectivity index (χ0n) is 16.3. The van der Waals surface area contributed by atoms with E-state index < -0.39 is 11.6 Å². The highest BCUT2D eigenvalue weighted by Gasteiger charge is 2.25. The van der Waals surface area contributed by atoms with Gasteiger partial charge >= 0.3 is 0 Å². The Bertz CT molecular complexity index is 1070. The zero-order valence-corrected chi connectivity index (χ0v) is 16.3. The van der Waals surface area contributed by atoms with Crippen molar-refractivity contribution in [3.05, 3.63) is 51.1 Å². The van der Waals surface area contributed by atoms with Crippen LogP contribution in [0.2, 0.25) is 0 Å². The summed E-state index contributed by atoms with van der Waals surface area (Å²) in [6, 6.07) is 5.18. The maximum atomic E-state index is 13.0. The van der Waals surface area contributed by atoms with Gasteiger partial charge in [0.05, 0.1) is 11.1 Å². The van der Waals surface area contributed by atoms with Crippen molar-refractivity contribution in [2.75, 3.05) is 5.32 Å². The first-order chi connectivity index (χ1) is 12.9. The first-order valence-corrected chi connectivity index (χ1v) is 9.13. The predicted octanol–water partition coefficient (Wildman–Crippen LogP) is 3.46. The van der Waals surface area contributed by atoms with Gasteiger partial charge in [0.15, 0.2) is 5.52 Å². The normalized spacial score (nSPS) is 12.3. The highest BCUT2D eigenvalue weighted by Crippen LogP contribution is 2.24. The van der Waals surface area contributed by atoms with E-state index in [1.54, 1.807) is 13.8 Å². The van der Waals surface area contributed by atoms with Gasteiger partial charge in [-0.1, -0.05) is 37.2 Å². The van der Waals surface area contributed by atoms with E-state index >= 15 is 0 Å². The van der Waals surface area contributed by atoms with Gasteiger partial charge in [0.2, 0.25) is 5.91 Å². The molecule has 0 aliphatic rings. The summed E-state index contributed by atoms with van der Waals surface area (Å²) < 4.78 is 6.36. The van der Waals surface area contributed by atoms with Crippen molar-refractivity contribution in [2.24, 2.45) is 0 Å². The van der Waals surface area contributed by atoms with Crippen molar-refractivity contribution in [3.8, 4) is 0 Å². The summed E-state index contributed by atoms with van der Waals surface area (Å²) in [6.45, 7) is 9.36. The van der Waals surface area contributed by atoms with E-state index in [0.717, 1.165) is 23.2 Å². The van der Waals surface area contributed by atoms with E-state index in [-0.39, 0.29) is 11.4 Å². The Hall–Kier alpha value is -2.96. The molecule has 3 rings (SSSR count). The second-order valence-corrected chi connectivity index (χ2v) is 6.67. The molecule has 2 aromatic heterocycles. The molecule has 0 saturated heterocycles. The number of amides is 1. The third kappa shape index (κ3) is 3.25. The molecule has 0 bridgehead atoms. The largest absolute Gasteiger partial charge is 0.360 e. The molecule has 0 aliphatic heterocycles. The molecule has 7 heteroatoms. The Balaban J connectivity index is 2.03. The number of aryl methyl sites for hydroxylation is 4. The molecular weight excluding hydrogens is 344 g/mol. The lowest BCUT2D eigenvalue weighted by atomic mass is 10.1. The van der Waals surface area contributed by atoms with Gasteiger partial charge < -0.3 is 9.84 Å². The number of aromatic nitrogens is 3. The molecule has 0 aliphatic carbocycles. The molecule has 27 heavy (non-hydrogen) atoms. The predicted molar refractivity (Wildman–Crippen MR) is 104 cm³/mol. The number of hydrogen-bond acceptors (Lipinski definition) is 5. The van der Waals surface area contributed by atoms with Crippen LogP contribution in [0.15, 0.2) is 27.5 Å². The van der Waals surface area contributed by atoms with Crippen LogP contribution in [0.4, 0.5) is 5.69 Å². The summed E-state index contributed by atoms with van der Waals surface area (Å²) in [5.41, 5.74) is 3.23. The second kappa shape index (κ2) is 7.34. The van der Waals surface area contributed by atoms with Crippen LogP contribution >= 0.6 is 0 Å². The highest BCUT2D eigenvalue weighted by molar-refractivity contribution is 5.95. The summed E-state index contributed by atoms with van der Waals surface area (Å²) in [7, 11) is 0. The molecule has 1 N–H and O–H groups in total. The Labute approximate surface area is 157 Å². The first-order valence-electron chi connectivity index (χ1n) is 9.13. The molecule has 0 saturated carbocycles. The lowest BCUT2D eigenvalue weighted by Crippen LogP contribution is -2.35. The fourth-order valence-corrected chi connectivity index (χ4v) is 3.40. The Morgan fingerprint density at radius 3 is 2.67 bits per heavy atom. The lowest BCUT2D eigenvalue weighted by Gasteiger charge is -2.19. The Morgan fingerprint density at radius 1 is 1.26 bits per heavy atom. The summed E-state index contributed by atoms with van der Waals surface area (Å²) >= 11 is 0. The first kappa shape index (κ1) is 18.8. The minimum Gasteiger partial charge on any atom is -0.360 e. The van der Waals surface area contributed by atoms with E-state index in [1.807, 2.05) is 39.0 Å². The number of fused-ring (bicyclic) bond motifs is 1.